The number of aromatic nitrogens is 1. The van der Waals surface area contributed by atoms with Gasteiger partial charge in [0.25, 0.3) is 0 Å². The van der Waals surface area contributed by atoms with Crippen LogP contribution in [-0.2, 0) is 17.5 Å². The Balaban J connectivity index is 1.46. The lowest BCUT2D eigenvalue weighted by Crippen LogP contribution is -2.43. The molecule has 1 aliphatic rings. The monoisotopic (exact) mass is 433 g/mol. The van der Waals surface area contributed by atoms with Crippen LogP contribution in [0, 0.1) is 12.8 Å². The lowest BCUT2D eigenvalue weighted by Gasteiger charge is -2.33. The summed E-state index contributed by atoms with van der Waals surface area (Å²) in [4.78, 5) is 20.6. The molecule has 0 spiro atoms. The van der Waals surface area contributed by atoms with Gasteiger partial charge < -0.3 is 10.2 Å². The number of hydrogen-bond acceptors (Lipinski definition) is 4. The molecule has 1 aliphatic heterocycles. The Labute approximate surface area is 176 Å². The molecule has 0 aliphatic carbocycles. The molecule has 158 valence electrons. The highest BCUT2D eigenvalue weighted by Crippen LogP contribution is 2.34. The quantitative estimate of drug-likeness (QED) is 0.619. The van der Waals surface area contributed by atoms with Gasteiger partial charge in [-0.15, -0.1) is 11.3 Å². The zero-order valence-corrected chi connectivity index (χ0v) is 17.3. The lowest BCUT2D eigenvalue weighted by atomic mass is 9.96. The molecule has 8 heteroatoms. The molecule has 1 aromatic carbocycles. The number of piperidine rings is 1. The Bertz CT molecular complexity index is 1060. The zero-order chi connectivity index (χ0) is 21.3. The number of amides is 1. The lowest BCUT2D eigenvalue weighted by molar-refractivity contribution is -0.138. The van der Waals surface area contributed by atoms with Crippen molar-refractivity contribution in [2.75, 3.05) is 18.0 Å². The second-order valence-electron chi connectivity index (χ2n) is 7.56. The maximum absolute atomic E-state index is 13.2. The predicted octanol–water partition coefficient (Wildman–Crippen LogP) is 5.16. The molecule has 3 aromatic rings. The summed E-state index contributed by atoms with van der Waals surface area (Å²) in [6, 6.07) is 9.45. The number of thiophene rings is 1. The number of hydrogen-bond donors (Lipinski definition) is 1. The Morgan fingerprint density at radius 2 is 2.10 bits per heavy atom. The molecule has 1 N–H and O–H groups in total. The molecule has 0 unspecified atom stereocenters. The first kappa shape index (κ1) is 20.7. The number of halogens is 3. The fourth-order valence-corrected chi connectivity index (χ4v) is 4.90. The Kier molecular flexibility index (Phi) is 5.69. The zero-order valence-electron chi connectivity index (χ0n) is 16.5. The fourth-order valence-electron chi connectivity index (χ4n) is 3.99. The van der Waals surface area contributed by atoms with Gasteiger partial charge in [0.15, 0.2) is 0 Å². The van der Waals surface area contributed by atoms with Gasteiger partial charge in [0.1, 0.15) is 5.82 Å². The summed E-state index contributed by atoms with van der Waals surface area (Å²) in [5.74, 6) is 0.371. The van der Waals surface area contributed by atoms with E-state index < -0.39 is 11.7 Å². The minimum atomic E-state index is -4.44. The van der Waals surface area contributed by atoms with Crippen molar-refractivity contribution < 1.29 is 18.0 Å². The van der Waals surface area contributed by atoms with E-state index in [1.54, 1.807) is 23.6 Å². The van der Waals surface area contributed by atoms with Crippen molar-refractivity contribution in [2.45, 2.75) is 32.5 Å². The van der Waals surface area contributed by atoms with Crippen LogP contribution in [0.15, 0.2) is 42.6 Å². The summed E-state index contributed by atoms with van der Waals surface area (Å²) < 4.78 is 40.7. The summed E-state index contributed by atoms with van der Waals surface area (Å²) in [7, 11) is 0. The van der Waals surface area contributed by atoms with E-state index in [4.69, 9.17) is 0 Å². The summed E-state index contributed by atoms with van der Waals surface area (Å²) in [6.07, 6.45) is -1.11. The van der Waals surface area contributed by atoms with Crippen molar-refractivity contribution in [3.8, 4) is 0 Å². The summed E-state index contributed by atoms with van der Waals surface area (Å²) in [5, 5.41) is 3.79. The van der Waals surface area contributed by atoms with Crippen LogP contribution in [0.2, 0.25) is 0 Å². The van der Waals surface area contributed by atoms with Crippen LogP contribution >= 0.6 is 11.3 Å². The highest BCUT2D eigenvalue weighted by Gasteiger charge is 2.33. The fraction of sp³-hybridized carbons (Fsp3) is 0.364. The second-order valence-corrected chi connectivity index (χ2v) is 8.85. The van der Waals surface area contributed by atoms with Gasteiger partial charge in [-0.25, -0.2) is 4.98 Å². The number of anilines is 1. The van der Waals surface area contributed by atoms with E-state index in [-0.39, 0.29) is 23.9 Å². The van der Waals surface area contributed by atoms with Crippen LogP contribution in [0.25, 0.3) is 10.1 Å². The first-order chi connectivity index (χ1) is 14.3. The van der Waals surface area contributed by atoms with E-state index in [0.717, 1.165) is 34.9 Å². The average Bonchev–Trinajstić information content (AvgIpc) is 3.11. The topological polar surface area (TPSA) is 45.2 Å². The van der Waals surface area contributed by atoms with Gasteiger partial charge in [-0.1, -0.05) is 18.2 Å². The van der Waals surface area contributed by atoms with Gasteiger partial charge in [-0.3, -0.25) is 4.79 Å². The highest BCUT2D eigenvalue weighted by atomic mass is 32.1. The van der Waals surface area contributed by atoms with E-state index in [9.17, 15) is 18.0 Å². The van der Waals surface area contributed by atoms with Crippen LogP contribution in [0.5, 0.6) is 0 Å². The van der Waals surface area contributed by atoms with E-state index in [1.807, 2.05) is 6.07 Å². The molecule has 30 heavy (non-hydrogen) atoms. The number of rotatable bonds is 4. The van der Waals surface area contributed by atoms with E-state index in [2.05, 4.69) is 28.2 Å². The molecule has 1 atom stereocenters. The molecule has 4 nitrogen and oxygen atoms in total. The van der Waals surface area contributed by atoms with Crippen LogP contribution in [0.3, 0.4) is 0 Å². The van der Waals surface area contributed by atoms with E-state index >= 15 is 0 Å². The van der Waals surface area contributed by atoms with Crippen molar-refractivity contribution in [1.82, 2.24) is 10.3 Å². The Morgan fingerprint density at radius 3 is 2.90 bits per heavy atom. The maximum atomic E-state index is 13.2. The molecule has 0 saturated carbocycles. The Hall–Kier alpha value is -2.61. The third kappa shape index (κ3) is 4.28. The molecule has 0 radical (unpaired) electrons. The predicted molar refractivity (Wildman–Crippen MR) is 113 cm³/mol. The average molecular weight is 433 g/mol. The van der Waals surface area contributed by atoms with Gasteiger partial charge in [-0.05, 0) is 43.5 Å². The molecule has 1 saturated heterocycles. The van der Waals surface area contributed by atoms with E-state index in [0.29, 0.717) is 13.0 Å². The number of nitrogens with one attached hydrogen (secondary N) is 1. The van der Waals surface area contributed by atoms with Crippen molar-refractivity contribution in [3.63, 3.8) is 0 Å². The van der Waals surface area contributed by atoms with Crippen molar-refractivity contribution in [2.24, 2.45) is 5.92 Å². The first-order valence-electron chi connectivity index (χ1n) is 9.86. The number of fused-ring (bicyclic) bond motifs is 1. The van der Waals surface area contributed by atoms with Gasteiger partial charge in [0.05, 0.1) is 11.5 Å². The number of carbonyl (C=O) groups excluding carboxylic acids is 1. The molecule has 2 aromatic heterocycles. The van der Waals surface area contributed by atoms with Gasteiger partial charge in [0.2, 0.25) is 5.91 Å². The minimum absolute atomic E-state index is 0.0752. The number of nitrogens with zero attached hydrogens (tertiary/aromatic N) is 2. The van der Waals surface area contributed by atoms with Gasteiger partial charge >= 0.3 is 6.18 Å². The standard InChI is InChI=1S/C22H22F3N3OS/c1-14-11-17-19(30-14)8-9-26-20(17)28-10-4-6-16(13-28)21(29)27-12-15-5-2-3-7-18(15)22(23,24)25/h2-3,5,7-9,11,16H,4,6,10,12-13H2,1H3,(H,27,29)/t16-/m0/s1. The van der Waals surface area contributed by atoms with Gasteiger partial charge in [-0.2, -0.15) is 13.2 Å². The molecule has 1 fully saturated rings. The third-order valence-corrected chi connectivity index (χ3v) is 6.43. The molecule has 0 bridgehead atoms. The summed E-state index contributed by atoms with van der Waals surface area (Å²) in [6.45, 7) is 3.23. The number of carbonyl (C=O) groups is 1. The third-order valence-electron chi connectivity index (χ3n) is 5.42. The van der Waals surface area contributed by atoms with Crippen LogP contribution in [0.4, 0.5) is 19.0 Å². The smallest absolute Gasteiger partial charge is 0.355 e. The van der Waals surface area contributed by atoms with Crippen molar-refractivity contribution in [3.05, 3.63) is 58.6 Å². The number of aryl methyl sites for hydroxylation is 1. The molecular weight excluding hydrogens is 411 g/mol. The largest absolute Gasteiger partial charge is 0.416 e. The molecular formula is C22H22F3N3OS. The Morgan fingerprint density at radius 1 is 1.30 bits per heavy atom. The first-order valence-corrected chi connectivity index (χ1v) is 10.7. The minimum Gasteiger partial charge on any atom is -0.355 e. The van der Waals surface area contributed by atoms with Crippen LogP contribution in [-0.4, -0.2) is 24.0 Å². The second kappa shape index (κ2) is 8.26. The van der Waals surface area contributed by atoms with E-state index in [1.165, 1.54) is 17.0 Å². The van der Waals surface area contributed by atoms with Gasteiger partial charge in [0, 0.05) is 40.8 Å². The van der Waals surface area contributed by atoms with Crippen molar-refractivity contribution >= 4 is 33.1 Å². The maximum Gasteiger partial charge on any atom is 0.416 e. The van der Waals surface area contributed by atoms with Crippen LogP contribution < -0.4 is 10.2 Å². The molecule has 4 rings (SSSR count). The SMILES string of the molecule is Cc1cc2c(N3CCC[C@H](C(=O)NCc4ccccc4C(F)(F)F)C3)nccc2s1. The van der Waals surface area contributed by atoms with Crippen LogP contribution in [0.1, 0.15) is 28.8 Å². The molecule has 3 heterocycles. The highest BCUT2D eigenvalue weighted by molar-refractivity contribution is 7.19. The summed E-state index contributed by atoms with van der Waals surface area (Å²) >= 11 is 1.71. The number of alkyl halides is 3. The number of pyridine rings is 1. The number of benzene rings is 1. The summed E-state index contributed by atoms with van der Waals surface area (Å²) in [5.41, 5.74) is -0.634. The normalized spacial score (nSPS) is 17.3. The molecule has 1 amide bonds. The van der Waals surface area contributed by atoms with Crippen molar-refractivity contribution in [1.29, 1.82) is 0 Å².